The molecule has 14 heavy (non-hydrogen) atoms. The van der Waals surface area contributed by atoms with Gasteiger partial charge in [-0.25, -0.2) is 4.79 Å². The number of methoxy groups -OCH3 is 1. The lowest BCUT2D eigenvalue weighted by Gasteiger charge is -1.98. The minimum atomic E-state index is -0.424. The van der Waals surface area contributed by atoms with Gasteiger partial charge in [-0.3, -0.25) is 0 Å². The van der Waals surface area contributed by atoms with Crippen LogP contribution in [-0.4, -0.2) is 19.7 Å². The first-order valence-corrected chi connectivity index (χ1v) is 4.44. The number of hydrogen-bond acceptors (Lipinski definition) is 4. The standard InChI is InChI=1S/C10H14O4/c1-4-13-10(11)9-7(2)5-8(14-9)6-12-3/h5H,4,6H2,1-3H3. The van der Waals surface area contributed by atoms with Crippen molar-refractivity contribution in [2.75, 3.05) is 13.7 Å². The molecule has 0 bridgehead atoms. The molecule has 0 aliphatic heterocycles. The largest absolute Gasteiger partial charge is 0.460 e. The van der Waals surface area contributed by atoms with E-state index in [-0.39, 0.29) is 5.76 Å². The first kappa shape index (κ1) is 10.8. The van der Waals surface area contributed by atoms with Crippen LogP contribution in [0.2, 0.25) is 0 Å². The highest BCUT2D eigenvalue weighted by Crippen LogP contribution is 2.16. The maximum atomic E-state index is 11.3. The van der Waals surface area contributed by atoms with Gasteiger partial charge in [-0.2, -0.15) is 0 Å². The van der Waals surface area contributed by atoms with Gasteiger partial charge in [-0.15, -0.1) is 0 Å². The van der Waals surface area contributed by atoms with Crippen LogP contribution in [0.4, 0.5) is 0 Å². The van der Waals surface area contributed by atoms with Gasteiger partial charge in [0.05, 0.1) is 6.61 Å². The SMILES string of the molecule is CCOC(=O)c1oc(COC)cc1C. The van der Waals surface area contributed by atoms with Gasteiger partial charge < -0.3 is 13.9 Å². The number of ether oxygens (including phenoxy) is 2. The summed E-state index contributed by atoms with van der Waals surface area (Å²) < 4.78 is 15.0. The number of hydrogen-bond donors (Lipinski definition) is 0. The Hall–Kier alpha value is -1.29. The highest BCUT2D eigenvalue weighted by Gasteiger charge is 2.16. The van der Waals surface area contributed by atoms with Crippen LogP contribution in [0.15, 0.2) is 10.5 Å². The highest BCUT2D eigenvalue weighted by molar-refractivity contribution is 5.87. The first-order valence-electron chi connectivity index (χ1n) is 4.44. The van der Waals surface area contributed by atoms with Gasteiger partial charge in [0.1, 0.15) is 12.4 Å². The Bertz CT molecular complexity index is 314. The van der Waals surface area contributed by atoms with E-state index in [1.165, 1.54) is 0 Å². The number of furan rings is 1. The van der Waals surface area contributed by atoms with Crippen LogP contribution in [0.1, 0.15) is 28.8 Å². The third-order valence-electron chi connectivity index (χ3n) is 1.72. The summed E-state index contributed by atoms with van der Waals surface area (Å²) in [5, 5.41) is 0. The van der Waals surface area contributed by atoms with E-state index < -0.39 is 5.97 Å². The first-order chi connectivity index (χ1) is 6.69. The lowest BCUT2D eigenvalue weighted by atomic mass is 10.2. The molecule has 0 fully saturated rings. The summed E-state index contributed by atoms with van der Waals surface area (Å²) in [6.45, 7) is 4.26. The number of rotatable bonds is 4. The second-order valence-electron chi connectivity index (χ2n) is 2.88. The molecule has 0 saturated carbocycles. The fourth-order valence-corrected chi connectivity index (χ4v) is 1.16. The Balaban J connectivity index is 2.81. The molecule has 0 spiro atoms. The predicted molar refractivity (Wildman–Crippen MR) is 50.1 cm³/mol. The van der Waals surface area contributed by atoms with Crippen molar-refractivity contribution in [3.8, 4) is 0 Å². The summed E-state index contributed by atoms with van der Waals surface area (Å²) in [5.41, 5.74) is 0.774. The molecule has 1 aromatic heterocycles. The summed E-state index contributed by atoms with van der Waals surface area (Å²) in [7, 11) is 1.57. The van der Waals surface area contributed by atoms with Crippen LogP contribution < -0.4 is 0 Å². The zero-order chi connectivity index (χ0) is 10.6. The molecule has 4 heteroatoms. The number of carbonyl (C=O) groups excluding carboxylic acids is 1. The van der Waals surface area contributed by atoms with Gasteiger partial charge in [-0.05, 0) is 19.9 Å². The lowest BCUT2D eigenvalue weighted by Crippen LogP contribution is -2.04. The number of esters is 1. The molecular weight excluding hydrogens is 184 g/mol. The Morgan fingerprint density at radius 3 is 2.86 bits per heavy atom. The van der Waals surface area contributed by atoms with Gasteiger partial charge in [0.25, 0.3) is 0 Å². The van der Waals surface area contributed by atoms with Crippen molar-refractivity contribution in [3.05, 3.63) is 23.2 Å². The van der Waals surface area contributed by atoms with E-state index in [1.807, 2.05) is 0 Å². The molecule has 0 saturated heterocycles. The summed E-state index contributed by atoms with van der Waals surface area (Å²) in [6, 6.07) is 1.77. The third-order valence-corrected chi connectivity index (χ3v) is 1.72. The van der Waals surface area contributed by atoms with Gasteiger partial charge in [0.15, 0.2) is 0 Å². The van der Waals surface area contributed by atoms with Crippen molar-refractivity contribution < 1.29 is 18.7 Å². The van der Waals surface area contributed by atoms with E-state index in [9.17, 15) is 4.79 Å². The maximum Gasteiger partial charge on any atom is 0.374 e. The van der Waals surface area contributed by atoms with Crippen molar-refractivity contribution >= 4 is 5.97 Å². The third kappa shape index (κ3) is 2.35. The van der Waals surface area contributed by atoms with Crippen LogP contribution in [0, 0.1) is 6.92 Å². The Kier molecular flexibility index (Phi) is 3.71. The number of carbonyl (C=O) groups is 1. The Morgan fingerprint density at radius 2 is 2.29 bits per heavy atom. The van der Waals surface area contributed by atoms with Gasteiger partial charge in [0, 0.05) is 12.7 Å². The molecule has 1 heterocycles. The van der Waals surface area contributed by atoms with Crippen LogP contribution in [-0.2, 0) is 16.1 Å². The zero-order valence-corrected chi connectivity index (χ0v) is 8.62. The summed E-state index contributed by atoms with van der Waals surface area (Å²) >= 11 is 0. The minimum absolute atomic E-state index is 0.263. The lowest BCUT2D eigenvalue weighted by molar-refractivity contribution is 0.0482. The highest BCUT2D eigenvalue weighted by atomic mass is 16.5. The summed E-state index contributed by atoms with van der Waals surface area (Å²) in [6.07, 6.45) is 0. The van der Waals surface area contributed by atoms with Gasteiger partial charge >= 0.3 is 5.97 Å². The molecular formula is C10H14O4. The summed E-state index contributed by atoms with van der Waals surface area (Å²) in [5.74, 6) is 0.472. The van der Waals surface area contributed by atoms with E-state index in [0.717, 1.165) is 5.56 Å². The average Bonchev–Trinajstić information content (AvgIpc) is 2.48. The van der Waals surface area contributed by atoms with E-state index >= 15 is 0 Å². The van der Waals surface area contributed by atoms with E-state index in [2.05, 4.69) is 0 Å². The topological polar surface area (TPSA) is 48.7 Å². The van der Waals surface area contributed by atoms with Crippen LogP contribution in [0.3, 0.4) is 0 Å². The van der Waals surface area contributed by atoms with Gasteiger partial charge in [-0.1, -0.05) is 0 Å². The van der Waals surface area contributed by atoms with Crippen molar-refractivity contribution in [2.45, 2.75) is 20.5 Å². The fraction of sp³-hybridized carbons (Fsp3) is 0.500. The molecule has 1 rings (SSSR count). The van der Waals surface area contributed by atoms with Crippen LogP contribution in [0.25, 0.3) is 0 Å². The molecule has 1 aromatic rings. The van der Waals surface area contributed by atoms with Crippen molar-refractivity contribution in [3.63, 3.8) is 0 Å². The van der Waals surface area contributed by atoms with Crippen molar-refractivity contribution in [2.24, 2.45) is 0 Å². The monoisotopic (exact) mass is 198 g/mol. The molecule has 0 aliphatic carbocycles. The molecule has 78 valence electrons. The molecule has 4 nitrogen and oxygen atoms in total. The second kappa shape index (κ2) is 4.81. The van der Waals surface area contributed by atoms with E-state index in [1.54, 1.807) is 27.0 Å². The minimum Gasteiger partial charge on any atom is -0.460 e. The van der Waals surface area contributed by atoms with Crippen LogP contribution >= 0.6 is 0 Å². The van der Waals surface area contributed by atoms with E-state index in [0.29, 0.717) is 19.0 Å². The average molecular weight is 198 g/mol. The second-order valence-corrected chi connectivity index (χ2v) is 2.88. The maximum absolute atomic E-state index is 11.3. The summed E-state index contributed by atoms with van der Waals surface area (Å²) in [4.78, 5) is 11.3. The van der Waals surface area contributed by atoms with Crippen molar-refractivity contribution in [1.29, 1.82) is 0 Å². The predicted octanol–water partition coefficient (Wildman–Crippen LogP) is 1.91. The molecule has 0 N–H and O–H groups in total. The van der Waals surface area contributed by atoms with E-state index in [4.69, 9.17) is 13.9 Å². The quantitative estimate of drug-likeness (QED) is 0.693. The molecule has 0 atom stereocenters. The molecule has 0 aromatic carbocycles. The Morgan fingerprint density at radius 1 is 1.57 bits per heavy atom. The molecule has 0 radical (unpaired) electrons. The van der Waals surface area contributed by atoms with Gasteiger partial charge in [0.2, 0.25) is 5.76 Å². The molecule has 0 aliphatic rings. The van der Waals surface area contributed by atoms with Crippen LogP contribution in [0.5, 0.6) is 0 Å². The fourth-order valence-electron chi connectivity index (χ4n) is 1.16. The normalized spacial score (nSPS) is 10.2. The smallest absolute Gasteiger partial charge is 0.374 e. The van der Waals surface area contributed by atoms with Crippen molar-refractivity contribution in [1.82, 2.24) is 0 Å². The molecule has 0 amide bonds. The Labute approximate surface area is 82.8 Å². The zero-order valence-electron chi connectivity index (χ0n) is 8.62. The molecule has 0 unspecified atom stereocenters. The number of aryl methyl sites for hydroxylation is 1.